The lowest BCUT2D eigenvalue weighted by atomic mass is 9.97. The monoisotopic (exact) mass is 494 g/mol. The highest BCUT2D eigenvalue weighted by Gasteiger charge is 2.47. The molecule has 1 aliphatic rings. The van der Waals surface area contributed by atoms with Gasteiger partial charge in [0, 0.05) is 24.7 Å². The van der Waals surface area contributed by atoms with Crippen LogP contribution in [0.25, 0.3) is 0 Å². The Morgan fingerprint density at radius 3 is 1.88 bits per heavy atom. The number of halogens is 4. The second-order valence-electron chi connectivity index (χ2n) is 7.10. The fraction of sp³-hybridized carbons (Fsp3) is 0.316. The quantitative estimate of drug-likeness (QED) is 0.644. The molecule has 0 aromatic heterocycles. The fourth-order valence-corrected chi connectivity index (χ4v) is 5.44. The van der Waals surface area contributed by atoms with E-state index in [1.807, 2.05) is 0 Å². The third-order valence-electron chi connectivity index (χ3n) is 5.01. The molecule has 1 N–H and O–H groups in total. The van der Waals surface area contributed by atoms with E-state index in [1.165, 1.54) is 24.3 Å². The molecule has 0 saturated carbocycles. The van der Waals surface area contributed by atoms with E-state index in [4.69, 9.17) is 0 Å². The maximum atomic E-state index is 13.0. The van der Waals surface area contributed by atoms with Gasteiger partial charge in [-0.25, -0.2) is 21.2 Å². The van der Waals surface area contributed by atoms with Gasteiger partial charge in [-0.1, -0.05) is 0 Å². The van der Waals surface area contributed by atoms with Gasteiger partial charge in [0.05, 0.1) is 9.79 Å². The lowest BCUT2D eigenvalue weighted by molar-refractivity contribution is -0.120. The van der Waals surface area contributed by atoms with Gasteiger partial charge >= 0.3 is 5.51 Å². The van der Waals surface area contributed by atoms with Crippen LogP contribution in [0.3, 0.4) is 0 Å². The van der Waals surface area contributed by atoms with E-state index in [9.17, 15) is 39.2 Å². The number of hydrogen-bond donors (Lipinski definition) is 1. The number of hydrogen-bond acceptors (Lipinski definition) is 5. The minimum absolute atomic E-state index is 0.00750. The molecule has 0 unspecified atom stereocenters. The molecule has 0 aliphatic carbocycles. The van der Waals surface area contributed by atoms with Crippen molar-refractivity contribution in [2.75, 3.05) is 18.4 Å². The Labute approximate surface area is 182 Å². The highest BCUT2D eigenvalue weighted by molar-refractivity contribution is 7.92. The summed E-state index contributed by atoms with van der Waals surface area (Å²) in [5.74, 6) is -1.27. The predicted molar refractivity (Wildman–Crippen MR) is 106 cm³/mol. The van der Waals surface area contributed by atoms with Crippen molar-refractivity contribution < 1.29 is 39.2 Å². The third kappa shape index (κ3) is 4.94. The van der Waals surface area contributed by atoms with Gasteiger partial charge in [0.1, 0.15) is 5.82 Å². The van der Waals surface area contributed by atoms with Crippen molar-refractivity contribution >= 4 is 31.5 Å². The number of nitrogens with one attached hydrogen (secondary N) is 1. The highest BCUT2D eigenvalue weighted by Crippen LogP contribution is 2.31. The summed E-state index contributed by atoms with van der Waals surface area (Å²) in [4.78, 5) is 11.0. The van der Waals surface area contributed by atoms with E-state index in [0.717, 1.165) is 16.4 Å². The van der Waals surface area contributed by atoms with Crippen molar-refractivity contribution in [1.29, 1.82) is 0 Å². The second kappa shape index (κ2) is 8.79. The highest BCUT2D eigenvalue weighted by atomic mass is 32.2. The number of alkyl halides is 3. The molecule has 0 atom stereocenters. The molecule has 0 radical (unpaired) electrons. The lowest BCUT2D eigenvalue weighted by Gasteiger charge is -2.30. The van der Waals surface area contributed by atoms with Crippen molar-refractivity contribution in [3.8, 4) is 0 Å². The second-order valence-corrected chi connectivity index (χ2v) is 11.0. The molecule has 3 rings (SSSR count). The van der Waals surface area contributed by atoms with Crippen LogP contribution in [0.15, 0.2) is 58.3 Å². The first-order valence-electron chi connectivity index (χ1n) is 9.30. The van der Waals surface area contributed by atoms with Gasteiger partial charge in [-0.3, -0.25) is 4.79 Å². The first kappa shape index (κ1) is 24.1. The number of carbonyl (C=O) groups is 1. The first-order chi connectivity index (χ1) is 14.8. The van der Waals surface area contributed by atoms with Gasteiger partial charge in [-0.05, 0) is 61.4 Å². The zero-order valence-electron chi connectivity index (χ0n) is 16.3. The summed E-state index contributed by atoms with van der Waals surface area (Å²) < 4.78 is 100. The van der Waals surface area contributed by atoms with Crippen LogP contribution < -0.4 is 5.32 Å². The van der Waals surface area contributed by atoms with Crippen LogP contribution >= 0.6 is 0 Å². The molecule has 2 aromatic carbocycles. The van der Waals surface area contributed by atoms with E-state index in [0.29, 0.717) is 17.8 Å². The third-order valence-corrected chi connectivity index (χ3v) is 8.43. The van der Waals surface area contributed by atoms with Crippen LogP contribution in [0.5, 0.6) is 0 Å². The van der Waals surface area contributed by atoms with Crippen LogP contribution in [0.2, 0.25) is 0 Å². The molecule has 174 valence electrons. The van der Waals surface area contributed by atoms with E-state index in [1.54, 1.807) is 0 Å². The molecule has 0 spiro atoms. The molecule has 32 heavy (non-hydrogen) atoms. The van der Waals surface area contributed by atoms with Gasteiger partial charge in [-0.15, -0.1) is 0 Å². The zero-order valence-corrected chi connectivity index (χ0v) is 18.0. The number of anilines is 1. The van der Waals surface area contributed by atoms with E-state index in [-0.39, 0.29) is 36.7 Å². The van der Waals surface area contributed by atoms with Gasteiger partial charge < -0.3 is 5.32 Å². The standard InChI is InChI=1S/C19H18F4N2O5S2/c20-14-1-3-15(4-2-14)24-18(26)13-9-11-25(12-10-13)32(29,30)17-7-5-16(6-8-17)31(27,28)19(21,22)23/h1-8,13H,9-12H2,(H,24,26). The molecular formula is C19H18F4N2O5S2. The van der Waals surface area contributed by atoms with Gasteiger partial charge in [-0.2, -0.15) is 17.5 Å². The van der Waals surface area contributed by atoms with Crippen molar-refractivity contribution in [2.45, 2.75) is 28.1 Å². The van der Waals surface area contributed by atoms with Crippen molar-refractivity contribution in [1.82, 2.24) is 4.31 Å². The number of carbonyl (C=O) groups excluding carboxylic acids is 1. The molecular weight excluding hydrogens is 476 g/mol. The molecule has 7 nitrogen and oxygen atoms in total. The largest absolute Gasteiger partial charge is 0.501 e. The van der Waals surface area contributed by atoms with Crippen LogP contribution in [-0.2, 0) is 24.7 Å². The number of rotatable bonds is 5. The topological polar surface area (TPSA) is 101 Å². The smallest absolute Gasteiger partial charge is 0.326 e. The normalized spacial score (nSPS) is 16.6. The number of amides is 1. The summed E-state index contributed by atoms with van der Waals surface area (Å²) in [5.41, 5.74) is -5.09. The minimum Gasteiger partial charge on any atom is -0.326 e. The number of sulfonamides is 1. The number of benzene rings is 2. The summed E-state index contributed by atoms with van der Waals surface area (Å²) in [6.07, 6.45) is 0.402. The Balaban J connectivity index is 1.65. The number of sulfone groups is 1. The Morgan fingerprint density at radius 2 is 1.38 bits per heavy atom. The molecule has 1 aliphatic heterocycles. The zero-order chi connectivity index (χ0) is 23.7. The average Bonchev–Trinajstić information content (AvgIpc) is 2.74. The summed E-state index contributed by atoms with van der Waals surface area (Å²) in [6, 6.07) is 7.98. The van der Waals surface area contributed by atoms with Crippen molar-refractivity contribution in [2.24, 2.45) is 5.92 Å². The Kier molecular flexibility index (Phi) is 6.63. The van der Waals surface area contributed by atoms with Gasteiger partial charge in [0.15, 0.2) is 0 Å². The first-order valence-corrected chi connectivity index (χ1v) is 12.2. The van der Waals surface area contributed by atoms with E-state index in [2.05, 4.69) is 5.32 Å². The molecule has 2 aromatic rings. The van der Waals surface area contributed by atoms with Crippen LogP contribution in [0.4, 0.5) is 23.2 Å². The molecule has 1 amide bonds. The van der Waals surface area contributed by atoms with Crippen LogP contribution in [-0.4, -0.2) is 45.6 Å². The van der Waals surface area contributed by atoms with E-state index < -0.39 is 42.0 Å². The summed E-state index contributed by atoms with van der Waals surface area (Å²) in [6.45, 7) is -0.0150. The predicted octanol–water partition coefficient (Wildman–Crippen LogP) is 3.16. The van der Waals surface area contributed by atoms with Crippen molar-refractivity contribution in [3.05, 3.63) is 54.3 Å². The maximum absolute atomic E-state index is 13.0. The molecule has 0 bridgehead atoms. The number of piperidine rings is 1. The van der Waals surface area contributed by atoms with Crippen LogP contribution in [0, 0.1) is 11.7 Å². The summed E-state index contributed by atoms with van der Waals surface area (Å²) >= 11 is 0. The lowest BCUT2D eigenvalue weighted by Crippen LogP contribution is -2.41. The summed E-state index contributed by atoms with van der Waals surface area (Å²) in [5, 5.41) is 2.63. The van der Waals surface area contributed by atoms with Gasteiger partial charge in [0.2, 0.25) is 15.9 Å². The number of nitrogens with zero attached hydrogens (tertiary/aromatic N) is 1. The Hall–Kier alpha value is -2.51. The molecule has 1 fully saturated rings. The maximum Gasteiger partial charge on any atom is 0.501 e. The molecule has 1 saturated heterocycles. The fourth-order valence-electron chi connectivity index (χ4n) is 3.21. The SMILES string of the molecule is O=C(Nc1ccc(F)cc1)C1CCN(S(=O)(=O)c2ccc(S(=O)(=O)C(F)(F)F)cc2)CC1. The van der Waals surface area contributed by atoms with E-state index >= 15 is 0 Å². The van der Waals surface area contributed by atoms with Crippen LogP contribution in [0.1, 0.15) is 12.8 Å². The molecule has 13 heteroatoms. The minimum atomic E-state index is -5.58. The summed E-state index contributed by atoms with van der Waals surface area (Å²) in [7, 11) is -9.67. The van der Waals surface area contributed by atoms with Crippen molar-refractivity contribution in [3.63, 3.8) is 0 Å². The van der Waals surface area contributed by atoms with Gasteiger partial charge in [0.25, 0.3) is 9.84 Å². The Morgan fingerprint density at radius 1 is 0.875 bits per heavy atom. The average molecular weight is 494 g/mol. The molecule has 1 heterocycles. The Bertz CT molecular complexity index is 1190.